The van der Waals surface area contributed by atoms with E-state index in [4.69, 9.17) is 10.5 Å². The van der Waals surface area contributed by atoms with Gasteiger partial charge in [0.1, 0.15) is 18.2 Å². The van der Waals surface area contributed by atoms with Crippen LogP contribution in [0.4, 0.5) is 4.39 Å². The van der Waals surface area contributed by atoms with E-state index in [1.807, 2.05) is 0 Å². The summed E-state index contributed by atoms with van der Waals surface area (Å²) in [7, 11) is 0. The Morgan fingerprint density at radius 3 is 2.81 bits per heavy atom. The van der Waals surface area contributed by atoms with Crippen LogP contribution in [0.3, 0.4) is 0 Å². The number of carbonyl (C=O) groups is 3. The van der Waals surface area contributed by atoms with E-state index in [0.717, 1.165) is 6.07 Å². The molecule has 2 atom stereocenters. The van der Waals surface area contributed by atoms with E-state index >= 15 is 0 Å². The Balaban J connectivity index is 1.86. The van der Waals surface area contributed by atoms with Crippen LogP contribution in [0.1, 0.15) is 29.6 Å². The predicted octanol–water partition coefficient (Wildman–Crippen LogP) is -0.227. The molecule has 0 spiro atoms. The Kier molecular flexibility index (Phi) is 5.90. The minimum atomic E-state index is -0.553. The second-order valence-electron chi connectivity index (χ2n) is 6.64. The molecule has 2 aliphatic heterocycles. The zero-order chi connectivity index (χ0) is 19.4. The fourth-order valence-electron chi connectivity index (χ4n) is 3.62. The van der Waals surface area contributed by atoms with Crippen molar-refractivity contribution in [3.05, 3.63) is 29.6 Å². The van der Waals surface area contributed by atoms with Crippen molar-refractivity contribution in [2.75, 3.05) is 26.2 Å². The molecular weight excluding hydrogens is 355 g/mol. The van der Waals surface area contributed by atoms with Gasteiger partial charge in [0.05, 0.1) is 18.7 Å². The molecule has 1 saturated heterocycles. The lowest BCUT2D eigenvalue weighted by molar-refractivity contribution is -0.133. The van der Waals surface area contributed by atoms with Crippen LogP contribution in [0.5, 0.6) is 5.75 Å². The fourth-order valence-corrected chi connectivity index (χ4v) is 3.62. The molecule has 9 heteroatoms. The number of benzene rings is 1. The van der Waals surface area contributed by atoms with E-state index in [2.05, 4.69) is 10.6 Å². The van der Waals surface area contributed by atoms with Crippen molar-refractivity contribution in [2.24, 2.45) is 5.73 Å². The number of nitrogens with one attached hydrogen (secondary N) is 2. The highest BCUT2D eigenvalue weighted by atomic mass is 19.1. The van der Waals surface area contributed by atoms with E-state index in [0.29, 0.717) is 12.8 Å². The van der Waals surface area contributed by atoms with E-state index in [9.17, 15) is 18.8 Å². The number of nitrogens with zero attached hydrogens (tertiary/aromatic N) is 1. The topological polar surface area (TPSA) is 114 Å². The summed E-state index contributed by atoms with van der Waals surface area (Å²) in [5, 5.41) is 5.49. The lowest BCUT2D eigenvalue weighted by Crippen LogP contribution is -2.50. The minimum absolute atomic E-state index is 0.0737. The van der Waals surface area contributed by atoms with Crippen molar-refractivity contribution < 1.29 is 23.5 Å². The maximum absolute atomic E-state index is 13.6. The van der Waals surface area contributed by atoms with Gasteiger partial charge in [-0.15, -0.1) is 0 Å². The minimum Gasteiger partial charge on any atom is -0.491 e. The first-order valence-corrected chi connectivity index (χ1v) is 8.98. The highest BCUT2D eigenvalue weighted by Crippen LogP contribution is 2.27. The van der Waals surface area contributed by atoms with Crippen LogP contribution >= 0.6 is 0 Å². The molecule has 2 bridgehead atoms. The largest absolute Gasteiger partial charge is 0.491 e. The molecule has 3 rings (SSSR count). The number of hydrogen-bond acceptors (Lipinski definition) is 5. The monoisotopic (exact) mass is 378 g/mol. The van der Waals surface area contributed by atoms with Gasteiger partial charge in [-0.05, 0) is 31.0 Å². The van der Waals surface area contributed by atoms with Gasteiger partial charge >= 0.3 is 0 Å². The molecule has 27 heavy (non-hydrogen) atoms. The Bertz CT molecular complexity index is 742. The first-order chi connectivity index (χ1) is 13.0. The molecule has 8 nitrogen and oxygen atoms in total. The quantitative estimate of drug-likeness (QED) is 0.625. The van der Waals surface area contributed by atoms with Crippen LogP contribution in [0, 0.1) is 5.82 Å². The Morgan fingerprint density at radius 1 is 1.26 bits per heavy atom. The molecule has 1 fully saturated rings. The number of fused-ring (bicyclic) bond motifs is 3. The predicted molar refractivity (Wildman–Crippen MR) is 94.6 cm³/mol. The third kappa shape index (κ3) is 4.36. The summed E-state index contributed by atoms with van der Waals surface area (Å²) < 4.78 is 19.1. The first-order valence-electron chi connectivity index (χ1n) is 8.98. The standard InChI is InChI=1S/C18H23FN4O4/c19-11-1-4-15-14(7-11)18(26)22-10-13-3-2-12(23(13)17(25)9-20)8-16(24)21-5-6-27-15/h1,4,7,12-13H,2-3,5-6,8-10,20H2,(H,21,24)(H,22,26)/t12-,13+/m0/s1. The molecule has 3 amide bonds. The summed E-state index contributed by atoms with van der Waals surface area (Å²) in [5.74, 6) is -1.23. The van der Waals surface area contributed by atoms with E-state index in [1.165, 1.54) is 12.1 Å². The van der Waals surface area contributed by atoms with Crippen LogP contribution in [-0.4, -0.2) is 60.9 Å². The summed E-state index contributed by atoms with van der Waals surface area (Å²) >= 11 is 0. The molecular formula is C18H23FN4O4. The summed E-state index contributed by atoms with van der Waals surface area (Å²) in [6.07, 6.45) is 1.48. The lowest BCUT2D eigenvalue weighted by Gasteiger charge is -2.30. The first kappa shape index (κ1) is 19.1. The number of amides is 3. The third-order valence-corrected chi connectivity index (χ3v) is 4.87. The van der Waals surface area contributed by atoms with Gasteiger partial charge in [-0.1, -0.05) is 0 Å². The molecule has 1 aromatic rings. The zero-order valence-electron chi connectivity index (χ0n) is 14.9. The molecule has 0 radical (unpaired) electrons. The molecule has 0 saturated carbocycles. The van der Waals surface area contributed by atoms with Gasteiger partial charge in [-0.2, -0.15) is 0 Å². The molecule has 2 aliphatic rings. The van der Waals surface area contributed by atoms with Gasteiger partial charge < -0.3 is 26.0 Å². The maximum Gasteiger partial charge on any atom is 0.255 e. The van der Waals surface area contributed by atoms with E-state index in [1.54, 1.807) is 4.90 Å². The van der Waals surface area contributed by atoms with Gasteiger partial charge in [0.15, 0.2) is 0 Å². The normalized spacial score (nSPS) is 23.6. The van der Waals surface area contributed by atoms with Gasteiger partial charge in [-0.25, -0.2) is 4.39 Å². The Labute approximate surface area is 156 Å². The molecule has 0 aromatic heterocycles. The van der Waals surface area contributed by atoms with Crippen LogP contribution in [0.25, 0.3) is 0 Å². The maximum atomic E-state index is 13.6. The zero-order valence-corrected chi connectivity index (χ0v) is 14.9. The lowest BCUT2D eigenvalue weighted by atomic mass is 10.1. The fraction of sp³-hybridized carbons (Fsp3) is 0.500. The number of hydrogen-bond donors (Lipinski definition) is 3. The second-order valence-corrected chi connectivity index (χ2v) is 6.64. The van der Waals surface area contributed by atoms with Crippen molar-refractivity contribution in [3.8, 4) is 5.75 Å². The Hall–Kier alpha value is -2.68. The van der Waals surface area contributed by atoms with Crippen molar-refractivity contribution in [3.63, 3.8) is 0 Å². The van der Waals surface area contributed by atoms with Crippen LogP contribution in [0.15, 0.2) is 18.2 Å². The van der Waals surface area contributed by atoms with Gasteiger partial charge in [0.25, 0.3) is 5.91 Å². The molecule has 146 valence electrons. The van der Waals surface area contributed by atoms with E-state index in [-0.39, 0.29) is 67.9 Å². The number of rotatable bonds is 1. The van der Waals surface area contributed by atoms with Gasteiger partial charge in [-0.3, -0.25) is 14.4 Å². The molecule has 0 aliphatic carbocycles. The Morgan fingerprint density at radius 2 is 2.04 bits per heavy atom. The molecule has 0 unspecified atom stereocenters. The van der Waals surface area contributed by atoms with Gasteiger partial charge in [0, 0.05) is 25.0 Å². The number of halogens is 1. The van der Waals surface area contributed by atoms with Crippen molar-refractivity contribution in [1.82, 2.24) is 15.5 Å². The highest BCUT2D eigenvalue weighted by molar-refractivity contribution is 5.97. The SMILES string of the molecule is NCC(=O)N1[C@@H]2CC[C@H]1CC(=O)NCCOc1ccc(F)cc1C(=O)NC2. The number of ether oxygens (including phenoxy) is 1. The average molecular weight is 378 g/mol. The second kappa shape index (κ2) is 8.34. The molecule has 1 aromatic carbocycles. The average Bonchev–Trinajstić information content (AvgIpc) is 3.05. The summed E-state index contributed by atoms with van der Waals surface area (Å²) in [5.41, 5.74) is 5.59. The van der Waals surface area contributed by atoms with E-state index < -0.39 is 11.7 Å². The number of nitrogens with two attached hydrogens (primary N) is 1. The van der Waals surface area contributed by atoms with Gasteiger partial charge in [0.2, 0.25) is 11.8 Å². The van der Waals surface area contributed by atoms with Crippen LogP contribution in [0.2, 0.25) is 0 Å². The van der Waals surface area contributed by atoms with Crippen LogP contribution < -0.4 is 21.1 Å². The third-order valence-electron chi connectivity index (χ3n) is 4.87. The number of carbonyl (C=O) groups excluding carboxylic acids is 3. The highest BCUT2D eigenvalue weighted by Gasteiger charge is 2.37. The smallest absolute Gasteiger partial charge is 0.255 e. The van der Waals surface area contributed by atoms with Crippen molar-refractivity contribution >= 4 is 17.7 Å². The van der Waals surface area contributed by atoms with Crippen LogP contribution in [-0.2, 0) is 9.59 Å². The summed E-state index contributed by atoms with van der Waals surface area (Å²) in [4.78, 5) is 38.6. The summed E-state index contributed by atoms with van der Waals surface area (Å²) in [6, 6.07) is 3.18. The van der Waals surface area contributed by atoms with Crippen molar-refractivity contribution in [1.29, 1.82) is 0 Å². The van der Waals surface area contributed by atoms with Crippen molar-refractivity contribution in [2.45, 2.75) is 31.3 Å². The summed E-state index contributed by atoms with van der Waals surface area (Å²) in [6.45, 7) is 0.401. The molecule has 2 heterocycles. The molecule has 4 N–H and O–H groups in total.